The van der Waals surface area contributed by atoms with E-state index in [2.05, 4.69) is 19.7 Å². The zero-order valence-electron chi connectivity index (χ0n) is 22.5. The van der Waals surface area contributed by atoms with Gasteiger partial charge < -0.3 is 14.4 Å². The Hall–Kier alpha value is -3.71. The first-order valence-corrected chi connectivity index (χ1v) is 14.7. The van der Waals surface area contributed by atoms with Crippen LogP contribution in [-0.2, 0) is 15.6 Å². The van der Waals surface area contributed by atoms with Crippen molar-refractivity contribution in [2.45, 2.75) is 69.6 Å². The molecule has 216 valence electrons. The average molecular weight is 588 g/mol. The molecule has 3 heterocycles. The van der Waals surface area contributed by atoms with E-state index in [-0.39, 0.29) is 28.9 Å². The highest BCUT2D eigenvalue weighted by atomic mass is 32.2. The van der Waals surface area contributed by atoms with E-state index < -0.39 is 39.3 Å². The van der Waals surface area contributed by atoms with Gasteiger partial charge >= 0.3 is 6.61 Å². The van der Waals surface area contributed by atoms with E-state index >= 15 is 4.39 Å². The quantitative estimate of drug-likeness (QED) is 0.291. The fourth-order valence-electron chi connectivity index (χ4n) is 5.40. The van der Waals surface area contributed by atoms with Crippen LogP contribution in [0.5, 0.6) is 5.75 Å². The molecule has 0 unspecified atom stereocenters. The summed E-state index contributed by atoms with van der Waals surface area (Å²) < 4.78 is 76.4. The van der Waals surface area contributed by atoms with Crippen molar-refractivity contribution >= 4 is 26.7 Å². The number of rotatable bonds is 8. The van der Waals surface area contributed by atoms with E-state index in [9.17, 15) is 22.3 Å². The number of anilines is 1. The van der Waals surface area contributed by atoms with Crippen LogP contribution in [0.15, 0.2) is 48.8 Å². The second-order valence-electron chi connectivity index (χ2n) is 11.0. The number of hydrogen-bond acceptors (Lipinski definition) is 7. The Kier molecular flexibility index (Phi) is 6.49. The lowest BCUT2D eigenvalue weighted by molar-refractivity contribution is -0.0498. The third kappa shape index (κ3) is 4.90. The zero-order chi connectivity index (χ0) is 29.3. The van der Waals surface area contributed by atoms with Crippen LogP contribution in [-0.4, -0.2) is 44.9 Å². The van der Waals surface area contributed by atoms with Crippen LogP contribution in [0.2, 0.25) is 0 Å². The van der Waals surface area contributed by atoms with Gasteiger partial charge in [0, 0.05) is 41.7 Å². The SMILES string of the molecule is C[C@H]1C[C@@H](N(c2cccc(OC(F)F)c2)S(=O)(=O)C2CC2)c2nc3cc(F)c(-c4cnc(C(C)(C)O)nc4)cc3n21. The Balaban J connectivity index is 1.45. The van der Waals surface area contributed by atoms with E-state index in [1.165, 1.54) is 41.0 Å². The summed E-state index contributed by atoms with van der Waals surface area (Å²) in [6.45, 7) is 1.97. The highest BCUT2D eigenvalue weighted by Crippen LogP contribution is 2.47. The number of aliphatic hydroxyl groups is 1. The minimum Gasteiger partial charge on any atom is -0.435 e. The number of benzene rings is 2. The molecular formula is C28H28F3N5O4S. The van der Waals surface area contributed by atoms with Gasteiger partial charge in [-0.2, -0.15) is 8.78 Å². The Morgan fingerprint density at radius 1 is 1.15 bits per heavy atom. The molecule has 1 aliphatic heterocycles. The second kappa shape index (κ2) is 9.69. The molecule has 1 aliphatic carbocycles. The summed E-state index contributed by atoms with van der Waals surface area (Å²) in [6, 6.07) is 7.62. The molecule has 6 rings (SSSR count). The Labute approximate surface area is 234 Å². The predicted molar refractivity (Wildman–Crippen MR) is 146 cm³/mol. The number of halogens is 3. The minimum absolute atomic E-state index is 0.155. The molecule has 0 bridgehead atoms. The van der Waals surface area contributed by atoms with Crippen LogP contribution in [0.1, 0.15) is 63.8 Å². The summed E-state index contributed by atoms with van der Waals surface area (Å²) in [5, 5.41) is 9.58. The monoisotopic (exact) mass is 587 g/mol. The molecule has 0 spiro atoms. The lowest BCUT2D eigenvalue weighted by Gasteiger charge is -2.30. The Bertz CT molecular complexity index is 1730. The summed E-state index contributed by atoms with van der Waals surface area (Å²) in [5.74, 6) is -0.0820. The highest BCUT2D eigenvalue weighted by Gasteiger charge is 2.47. The van der Waals surface area contributed by atoms with Gasteiger partial charge in [-0.3, -0.25) is 4.31 Å². The third-order valence-electron chi connectivity index (χ3n) is 7.42. The summed E-state index contributed by atoms with van der Waals surface area (Å²) in [5.41, 5.74) is 0.544. The van der Waals surface area contributed by atoms with E-state index in [0.717, 1.165) is 0 Å². The van der Waals surface area contributed by atoms with Crippen LogP contribution in [0.4, 0.5) is 18.9 Å². The largest absolute Gasteiger partial charge is 0.435 e. The summed E-state index contributed by atoms with van der Waals surface area (Å²) in [4.78, 5) is 13.0. The van der Waals surface area contributed by atoms with Crippen molar-refractivity contribution in [2.24, 2.45) is 0 Å². The first-order chi connectivity index (χ1) is 19.3. The summed E-state index contributed by atoms with van der Waals surface area (Å²) in [6.07, 6.45) is 4.27. The molecule has 2 aromatic carbocycles. The molecule has 2 atom stereocenters. The van der Waals surface area contributed by atoms with Crippen LogP contribution in [0, 0.1) is 5.82 Å². The molecule has 1 N–H and O–H groups in total. The van der Waals surface area contributed by atoms with Gasteiger partial charge in [0.2, 0.25) is 10.0 Å². The summed E-state index contributed by atoms with van der Waals surface area (Å²) >= 11 is 0. The maximum atomic E-state index is 15.3. The molecule has 9 nitrogen and oxygen atoms in total. The van der Waals surface area contributed by atoms with Crippen LogP contribution in [0.25, 0.3) is 22.2 Å². The normalized spacial score (nSPS) is 19.1. The van der Waals surface area contributed by atoms with Gasteiger partial charge in [0.15, 0.2) is 5.82 Å². The van der Waals surface area contributed by atoms with Gasteiger partial charge in [-0.15, -0.1) is 0 Å². The molecule has 1 fully saturated rings. The van der Waals surface area contributed by atoms with Gasteiger partial charge in [0.25, 0.3) is 0 Å². The lowest BCUT2D eigenvalue weighted by Crippen LogP contribution is -2.37. The number of nitrogens with zero attached hydrogens (tertiary/aromatic N) is 5. The minimum atomic E-state index is -3.86. The standard InChI is InChI=1S/C28H28F3N5O4S/c1-15-9-24(36(41(38,39)19-7-8-19)17-5-4-6-18(10-17)40-27(30)31)25-34-22-12-21(29)20(11-23(22)35(15)25)16-13-32-26(33-14-16)28(2,3)37/h4-6,10-15,19,24,27,37H,7-9H2,1-3H3/t15-,24+/m0/s1. The van der Waals surface area contributed by atoms with Gasteiger partial charge in [-0.1, -0.05) is 6.07 Å². The maximum absolute atomic E-state index is 15.3. The zero-order valence-corrected chi connectivity index (χ0v) is 23.3. The van der Waals surface area contributed by atoms with E-state index in [0.29, 0.717) is 41.7 Å². The number of aromatic nitrogens is 4. The number of alkyl halides is 2. The van der Waals surface area contributed by atoms with E-state index in [1.807, 2.05) is 11.5 Å². The van der Waals surface area contributed by atoms with Crippen molar-refractivity contribution in [3.63, 3.8) is 0 Å². The molecule has 0 amide bonds. The number of hydrogen-bond donors (Lipinski definition) is 1. The number of fused-ring (bicyclic) bond motifs is 3. The van der Waals surface area contributed by atoms with Crippen molar-refractivity contribution in [2.75, 3.05) is 4.31 Å². The van der Waals surface area contributed by atoms with Crippen molar-refractivity contribution in [3.05, 3.63) is 66.3 Å². The lowest BCUT2D eigenvalue weighted by atomic mass is 10.1. The van der Waals surface area contributed by atoms with Crippen LogP contribution in [0.3, 0.4) is 0 Å². The fraction of sp³-hybridized carbons (Fsp3) is 0.393. The summed E-state index contributed by atoms with van der Waals surface area (Å²) in [7, 11) is -3.86. The molecule has 1 saturated carbocycles. The molecular weight excluding hydrogens is 559 g/mol. The average Bonchev–Trinajstić information content (AvgIpc) is 3.63. The fourth-order valence-corrected chi connectivity index (χ4v) is 7.39. The molecule has 41 heavy (non-hydrogen) atoms. The van der Waals surface area contributed by atoms with Crippen LogP contribution >= 0.6 is 0 Å². The molecule has 2 aromatic heterocycles. The van der Waals surface area contributed by atoms with Crippen LogP contribution < -0.4 is 9.04 Å². The molecule has 0 saturated heterocycles. The molecule has 4 aromatic rings. The third-order valence-corrected chi connectivity index (χ3v) is 9.75. The van der Waals surface area contributed by atoms with Crippen molar-refractivity contribution < 1.29 is 31.4 Å². The van der Waals surface area contributed by atoms with Gasteiger partial charge in [0.05, 0.1) is 22.0 Å². The second-order valence-corrected chi connectivity index (χ2v) is 13.1. The van der Waals surface area contributed by atoms with Gasteiger partial charge in [-0.05, 0) is 58.2 Å². The first kappa shape index (κ1) is 27.5. The van der Waals surface area contributed by atoms with Crippen molar-refractivity contribution in [1.82, 2.24) is 19.5 Å². The van der Waals surface area contributed by atoms with Gasteiger partial charge in [0.1, 0.15) is 29.0 Å². The van der Waals surface area contributed by atoms with E-state index in [4.69, 9.17) is 0 Å². The predicted octanol–water partition coefficient (Wildman–Crippen LogP) is 5.47. The maximum Gasteiger partial charge on any atom is 0.387 e. The number of sulfonamides is 1. The number of imidazole rings is 1. The Morgan fingerprint density at radius 2 is 1.85 bits per heavy atom. The number of ether oxygens (including phenoxy) is 1. The van der Waals surface area contributed by atoms with Crippen molar-refractivity contribution in [3.8, 4) is 16.9 Å². The molecule has 13 heteroatoms. The highest BCUT2D eigenvalue weighted by molar-refractivity contribution is 7.93. The molecule has 2 aliphatic rings. The first-order valence-electron chi connectivity index (χ1n) is 13.2. The van der Waals surface area contributed by atoms with Gasteiger partial charge in [-0.25, -0.2) is 27.8 Å². The Morgan fingerprint density at radius 3 is 2.49 bits per heavy atom. The smallest absolute Gasteiger partial charge is 0.387 e. The topological polar surface area (TPSA) is 110 Å². The van der Waals surface area contributed by atoms with Crippen molar-refractivity contribution in [1.29, 1.82) is 0 Å². The van der Waals surface area contributed by atoms with E-state index in [1.54, 1.807) is 26.0 Å². The molecule has 0 radical (unpaired) electrons.